The lowest BCUT2D eigenvalue weighted by Gasteiger charge is -2.30. The molecule has 1 amide bonds. The monoisotopic (exact) mass is 444 g/mol. The predicted octanol–water partition coefficient (Wildman–Crippen LogP) is 2.33. The Morgan fingerprint density at radius 2 is 1.90 bits per heavy atom. The Morgan fingerprint density at radius 3 is 2.47 bits per heavy atom. The van der Waals surface area contributed by atoms with Crippen LogP contribution in [-0.2, 0) is 24.3 Å². The minimum atomic E-state index is -4.22. The summed E-state index contributed by atoms with van der Waals surface area (Å²) in [5.74, 6) is -3.38. The van der Waals surface area contributed by atoms with Crippen LogP contribution in [0.1, 0.15) is 26.7 Å². The van der Waals surface area contributed by atoms with Crippen LogP contribution >= 0.6 is 0 Å². The molecule has 1 fully saturated rings. The molecule has 0 unspecified atom stereocenters. The Kier molecular flexibility index (Phi) is 8.08. The van der Waals surface area contributed by atoms with E-state index in [-0.39, 0.29) is 31.8 Å². The number of sulfonamides is 1. The minimum Gasteiger partial charge on any atom is -0.455 e. The molecule has 0 N–H and O–H groups in total. The number of benzene rings is 1. The van der Waals surface area contributed by atoms with Gasteiger partial charge in [-0.05, 0) is 44.9 Å². The van der Waals surface area contributed by atoms with Gasteiger partial charge in [-0.25, -0.2) is 17.2 Å². The van der Waals surface area contributed by atoms with E-state index in [0.29, 0.717) is 19.2 Å². The molecular weight excluding hydrogens is 418 g/mol. The number of carbonyl (C=O) groups excluding carboxylic acids is 2. The molecule has 1 aliphatic heterocycles. The van der Waals surface area contributed by atoms with Crippen LogP contribution in [0, 0.1) is 17.6 Å². The first kappa shape index (κ1) is 23.9. The second-order valence-electron chi connectivity index (χ2n) is 7.23. The van der Waals surface area contributed by atoms with Crippen molar-refractivity contribution in [1.82, 2.24) is 9.21 Å². The maximum atomic E-state index is 13.9. The summed E-state index contributed by atoms with van der Waals surface area (Å²) in [6.45, 7) is 7.71. The number of piperidine rings is 1. The molecule has 166 valence electrons. The lowest BCUT2D eigenvalue weighted by Crippen LogP contribution is -2.41. The second-order valence-corrected chi connectivity index (χ2v) is 9.13. The summed E-state index contributed by atoms with van der Waals surface area (Å²) in [6.07, 6.45) is 0.318. The van der Waals surface area contributed by atoms with E-state index in [2.05, 4.69) is 6.58 Å². The fourth-order valence-corrected chi connectivity index (χ4v) is 4.74. The second kappa shape index (κ2) is 10.1. The van der Waals surface area contributed by atoms with Crippen molar-refractivity contribution in [3.63, 3.8) is 0 Å². The highest BCUT2D eigenvalue weighted by atomic mass is 32.2. The molecule has 2 rings (SSSR count). The number of carbonyl (C=O) groups is 2. The molecule has 10 heteroatoms. The van der Waals surface area contributed by atoms with Gasteiger partial charge >= 0.3 is 5.97 Å². The van der Waals surface area contributed by atoms with Crippen molar-refractivity contribution in [2.75, 3.05) is 32.8 Å². The molecule has 30 heavy (non-hydrogen) atoms. The highest BCUT2D eigenvalue weighted by Crippen LogP contribution is 2.26. The zero-order chi connectivity index (χ0) is 22.5. The van der Waals surface area contributed by atoms with E-state index in [9.17, 15) is 26.8 Å². The smallest absolute Gasteiger partial charge is 0.309 e. The van der Waals surface area contributed by atoms with E-state index < -0.39 is 45.0 Å². The Bertz CT molecular complexity index is 912. The quantitative estimate of drug-likeness (QED) is 0.454. The van der Waals surface area contributed by atoms with Crippen LogP contribution < -0.4 is 0 Å². The summed E-state index contributed by atoms with van der Waals surface area (Å²) in [5, 5.41) is 0. The number of hydrogen-bond acceptors (Lipinski definition) is 5. The summed E-state index contributed by atoms with van der Waals surface area (Å²) >= 11 is 0. The molecular formula is C20H26F2N2O5S. The van der Waals surface area contributed by atoms with E-state index in [1.54, 1.807) is 13.8 Å². The maximum Gasteiger partial charge on any atom is 0.309 e. The van der Waals surface area contributed by atoms with Gasteiger partial charge in [0.15, 0.2) is 6.61 Å². The number of rotatable bonds is 8. The van der Waals surface area contributed by atoms with Crippen LogP contribution in [0.3, 0.4) is 0 Å². The van der Waals surface area contributed by atoms with Gasteiger partial charge in [0, 0.05) is 26.2 Å². The van der Waals surface area contributed by atoms with Crippen LogP contribution in [-0.4, -0.2) is 62.3 Å². The Labute approximate surface area is 175 Å². The molecule has 0 saturated carbocycles. The summed E-state index contributed by atoms with van der Waals surface area (Å²) < 4.78 is 58.6. The average Bonchev–Trinajstić information content (AvgIpc) is 2.71. The van der Waals surface area contributed by atoms with Gasteiger partial charge in [0.05, 0.1) is 5.92 Å². The Hall–Kier alpha value is -2.33. The number of halogens is 2. The third-order valence-electron chi connectivity index (χ3n) is 4.83. The minimum absolute atomic E-state index is 0.0389. The van der Waals surface area contributed by atoms with Crippen molar-refractivity contribution in [3.8, 4) is 0 Å². The van der Waals surface area contributed by atoms with Crippen LogP contribution in [0.15, 0.2) is 35.2 Å². The van der Waals surface area contributed by atoms with Crippen LogP contribution in [0.5, 0.6) is 0 Å². The summed E-state index contributed by atoms with van der Waals surface area (Å²) in [7, 11) is -4.22. The highest BCUT2D eigenvalue weighted by Gasteiger charge is 2.34. The van der Waals surface area contributed by atoms with Gasteiger partial charge in [0.1, 0.15) is 16.5 Å². The highest BCUT2D eigenvalue weighted by molar-refractivity contribution is 7.89. The predicted molar refractivity (Wildman–Crippen MR) is 106 cm³/mol. The Morgan fingerprint density at radius 1 is 1.27 bits per heavy atom. The van der Waals surface area contributed by atoms with Crippen LogP contribution in [0.4, 0.5) is 8.78 Å². The Balaban J connectivity index is 1.92. The number of amides is 1. The third-order valence-corrected chi connectivity index (χ3v) is 6.75. The van der Waals surface area contributed by atoms with Gasteiger partial charge in [0.2, 0.25) is 10.0 Å². The number of hydrogen-bond donors (Lipinski definition) is 0. The topological polar surface area (TPSA) is 84.0 Å². The van der Waals surface area contributed by atoms with Gasteiger partial charge in [-0.1, -0.05) is 12.2 Å². The van der Waals surface area contributed by atoms with Crippen LogP contribution in [0.2, 0.25) is 0 Å². The maximum absolute atomic E-state index is 13.9. The van der Waals surface area contributed by atoms with Gasteiger partial charge in [-0.2, -0.15) is 4.31 Å². The van der Waals surface area contributed by atoms with E-state index in [0.717, 1.165) is 22.0 Å². The standard InChI is InChI=1S/C20H26F2N2O5S/c1-4-23(12-14(2)3)19(25)13-29-20(26)15-7-9-24(10-8-15)30(27,28)18-11-16(21)5-6-17(18)22/h5-6,11,15H,2,4,7-10,12-13H2,1,3H3. The summed E-state index contributed by atoms with van der Waals surface area (Å²) in [6, 6.07) is 2.24. The first-order valence-corrected chi connectivity index (χ1v) is 11.0. The molecule has 1 aromatic rings. The van der Waals surface area contributed by atoms with Crippen LogP contribution in [0.25, 0.3) is 0 Å². The van der Waals surface area contributed by atoms with Gasteiger partial charge in [-0.3, -0.25) is 9.59 Å². The molecule has 1 saturated heterocycles. The van der Waals surface area contributed by atoms with Crippen molar-refractivity contribution >= 4 is 21.9 Å². The first-order valence-electron chi connectivity index (χ1n) is 9.60. The van der Waals surface area contributed by atoms with E-state index in [4.69, 9.17) is 4.74 Å². The first-order chi connectivity index (χ1) is 14.1. The molecule has 0 atom stereocenters. The molecule has 1 aromatic carbocycles. The largest absolute Gasteiger partial charge is 0.455 e. The molecule has 0 aromatic heterocycles. The molecule has 7 nitrogen and oxygen atoms in total. The lowest BCUT2D eigenvalue weighted by molar-refractivity contribution is -0.156. The van der Waals surface area contributed by atoms with E-state index >= 15 is 0 Å². The number of nitrogens with zero attached hydrogens (tertiary/aromatic N) is 2. The molecule has 1 heterocycles. The SMILES string of the molecule is C=C(C)CN(CC)C(=O)COC(=O)C1CCN(S(=O)(=O)c2cc(F)ccc2F)CC1. The zero-order valence-electron chi connectivity index (χ0n) is 17.1. The van der Waals surface area contributed by atoms with E-state index in [1.807, 2.05) is 0 Å². The lowest BCUT2D eigenvalue weighted by atomic mass is 9.98. The summed E-state index contributed by atoms with van der Waals surface area (Å²) in [4.78, 5) is 25.2. The molecule has 1 aliphatic rings. The average molecular weight is 445 g/mol. The molecule has 0 aliphatic carbocycles. The van der Waals surface area contributed by atoms with Gasteiger partial charge < -0.3 is 9.64 Å². The molecule has 0 radical (unpaired) electrons. The van der Waals surface area contributed by atoms with E-state index in [1.165, 1.54) is 4.90 Å². The van der Waals surface area contributed by atoms with Crippen molar-refractivity contribution in [2.45, 2.75) is 31.6 Å². The molecule has 0 bridgehead atoms. The number of likely N-dealkylation sites (N-methyl/N-ethyl adjacent to an activating group) is 1. The van der Waals surface area contributed by atoms with Crippen molar-refractivity contribution in [3.05, 3.63) is 42.0 Å². The third kappa shape index (κ3) is 5.85. The normalized spacial score (nSPS) is 15.6. The van der Waals surface area contributed by atoms with Crippen molar-refractivity contribution < 1.29 is 31.5 Å². The zero-order valence-corrected chi connectivity index (χ0v) is 17.9. The van der Waals surface area contributed by atoms with Crippen molar-refractivity contribution in [1.29, 1.82) is 0 Å². The molecule has 0 spiro atoms. The number of ether oxygens (including phenoxy) is 1. The fourth-order valence-electron chi connectivity index (χ4n) is 3.19. The van der Waals surface area contributed by atoms with Crippen molar-refractivity contribution in [2.24, 2.45) is 5.92 Å². The number of esters is 1. The van der Waals surface area contributed by atoms with Gasteiger partial charge in [0.25, 0.3) is 5.91 Å². The van der Waals surface area contributed by atoms with Gasteiger partial charge in [-0.15, -0.1) is 0 Å². The fraction of sp³-hybridized carbons (Fsp3) is 0.500. The summed E-state index contributed by atoms with van der Waals surface area (Å²) in [5.41, 5.74) is 0.805.